The van der Waals surface area contributed by atoms with E-state index in [0.29, 0.717) is 11.1 Å². The number of thiol groups is 1. The van der Waals surface area contributed by atoms with Crippen molar-refractivity contribution in [3.8, 4) is 0 Å². The second kappa shape index (κ2) is 7.00. The van der Waals surface area contributed by atoms with Crippen LogP contribution in [0.15, 0.2) is 60.7 Å². The van der Waals surface area contributed by atoms with Gasteiger partial charge in [-0.2, -0.15) is 12.6 Å². The number of carboxylic acids is 1. The van der Waals surface area contributed by atoms with Crippen LogP contribution in [0.25, 0.3) is 0 Å². The first kappa shape index (κ1) is 15.3. The van der Waals surface area contributed by atoms with Gasteiger partial charge < -0.3 is 5.11 Å². The summed E-state index contributed by atoms with van der Waals surface area (Å²) in [5, 5.41) is 9.46. The summed E-state index contributed by atoms with van der Waals surface area (Å²) in [6.07, 6.45) is 0. The lowest BCUT2D eigenvalue weighted by Gasteiger charge is -2.24. The number of carboxylic acid groups (broad SMARTS) is 1. The Bertz CT molecular complexity index is 469. The maximum atomic E-state index is 11.5. The summed E-state index contributed by atoms with van der Waals surface area (Å²) in [6.45, 7) is 4.00. The molecule has 0 saturated heterocycles. The molecule has 0 aliphatic carbocycles. The summed E-state index contributed by atoms with van der Waals surface area (Å²) in [7, 11) is 0. The predicted octanol–water partition coefficient (Wildman–Crippen LogP) is 3.97. The molecule has 2 aromatic rings. The summed E-state index contributed by atoms with van der Waals surface area (Å²) >= 11 is 4.39. The molecule has 2 aromatic carbocycles. The van der Waals surface area contributed by atoms with Crippen molar-refractivity contribution in [1.29, 1.82) is 0 Å². The lowest BCUT2D eigenvalue weighted by molar-refractivity contribution is -0.138. The van der Waals surface area contributed by atoms with Crippen LogP contribution in [0.1, 0.15) is 25.0 Å². The molecule has 100 valence electrons. The first-order chi connectivity index (χ1) is 9.15. The summed E-state index contributed by atoms with van der Waals surface area (Å²) in [5.74, 6) is -0.974. The number of carbonyl (C=O) groups is 1. The molecule has 0 heterocycles. The van der Waals surface area contributed by atoms with Crippen LogP contribution in [-0.4, -0.2) is 11.1 Å². The zero-order valence-corrected chi connectivity index (χ0v) is 12.0. The van der Waals surface area contributed by atoms with E-state index < -0.39 is 10.7 Å². The number of hydrogen-bond donors (Lipinski definition) is 2. The van der Waals surface area contributed by atoms with Gasteiger partial charge in [0.2, 0.25) is 0 Å². The first-order valence-corrected chi connectivity index (χ1v) is 6.67. The molecule has 0 atom stereocenters. The minimum absolute atomic E-state index is 0.655. The van der Waals surface area contributed by atoms with Gasteiger partial charge in [0.05, 0.1) is 0 Å². The molecule has 0 aromatic heterocycles. The molecule has 0 unspecified atom stereocenters. The Balaban J connectivity index is 0.000000861. The van der Waals surface area contributed by atoms with E-state index in [-0.39, 0.29) is 0 Å². The van der Waals surface area contributed by atoms with Crippen LogP contribution in [-0.2, 0) is 9.54 Å². The highest BCUT2D eigenvalue weighted by Gasteiger charge is 2.38. The van der Waals surface area contributed by atoms with Gasteiger partial charge >= 0.3 is 5.97 Å². The second-order valence-electron chi connectivity index (χ2n) is 3.75. The molecule has 0 aliphatic rings. The monoisotopic (exact) mass is 274 g/mol. The SMILES string of the molecule is CC.O=C(O)C(S)(c1ccccc1)c1ccccc1. The van der Waals surface area contributed by atoms with Crippen molar-refractivity contribution in [3.63, 3.8) is 0 Å². The van der Waals surface area contributed by atoms with Crippen molar-refractivity contribution in [2.24, 2.45) is 0 Å². The molecule has 0 saturated carbocycles. The highest BCUT2D eigenvalue weighted by Crippen LogP contribution is 2.36. The van der Waals surface area contributed by atoms with Crippen molar-refractivity contribution < 1.29 is 9.90 Å². The van der Waals surface area contributed by atoms with Gasteiger partial charge in [-0.15, -0.1) is 0 Å². The highest BCUT2D eigenvalue weighted by atomic mass is 32.1. The lowest BCUT2D eigenvalue weighted by atomic mass is 9.90. The Kier molecular flexibility index (Phi) is 5.64. The average molecular weight is 274 g/mol. The number of benzene rings is 2. The van der Waals surface area contributed by atoms with Gasteiger partial charge in [-0.3, -0.25) is 0 Å². The molecule has 0 fully saturated rings. The van der Waals surface area contributed by atoms with Gasteiger partial charge in [0.25, 0.3) is 0 Å². The molecule has 2 nitrogen and oxygen atoms in total. The van der Waals surface area contributed by atoms with E-state index in [2.05, 4.69) is 12.6 Å². The van der Waals surface area contributed by atoms with Gasteiger partial charge in [-0.05, 0) is 11.1 Å². The van der Waals surface area contributed by atoms with Gasteiger partial charge in [0, 0.05) is 0 Å². The summed E-state index contributed by atoms with van der Waals surface area (Å²) in [6, 6.07) is 18.0. The van der Waals surface area contributed by atoms with Crippen LogP contribution in [0.3, 0.4) is 0 Å². The predicted molar refractivity (Wildman–Crippen MR) is 81.6 cm³/mol. The third kappa shape index (κ3) is 3.18. The van der Waals surface area contributed by atoms with Crippen LogP contribution in [0.5, 0.6) is 0 Å². The zero-order valence-electron chi connectivity index (χ0n) is 11.1. The van der Waals surface area contributed by atoms with Crippen LogP contribution < -0.4 is 0 Å². The maximum Gasteiger partial charge on any atom is 0.328 e. The largest absolute Gasteiger partial charge is 0.480 e. The molecule has 19 heavy (non-hydrogen) atoms. The number of aliphatic carboxylic acids is 1. The molecule has 0 aliphatic heterocycles. The molecule has 1 N–H and O–H groups in total. The maximum absolute atomic E-state index is 11.5. The Morgan fingerprint density at radius 2 is 1.21 bits per heavy atom. The van der Waals surface area contributed by atoms with Gasteiger partial charge in [0.15, 0.2) is 4.75 Å². The van der Waals surface area contributed by atoms with E-state index in [4.69, 9.17) is 0 Å². The molecule has 2 rings (SSSR count). The van der Waals surface area contributed by atoms with E-state index in [9.17, 15) is 9.90 Å². The van der Waals surface area contributed by atoms with Gasteiger partial charge in [-0.25, -0.2) is 4.79 Å². The molecule has 0 amide bonds. The standard InChI is InChI=1S/C14H12O2S.C2H6/c15-13(16)14(17,11-7-3-1-4-8-11)12-9-5-2-6-10-12;1-2/h1-10,17H,(H,15,16);1-2H3. The third-order valence-corrected chi connectivity index (χ3v) is 3.40. The Hall–Kier alpha value is -1.74. The Morgan fingerprint density at radius 3 is 1.47 bits per heavy atom. The van der Waals surface area contributed by atoms with E-state index in [1.165, 1.54) is 0 Å². The van der Waals surface area contributed by atoms with Gasteiger partial charge in [0.1, 0.15) is 0 Å². The molecule has 3 heteroatoms. The fourth-order valence-corrected chi connectivity index (χ4v) is 2.07. The normalized spacial score (nSPS) is 10.3. The van der Waals surface area contributed by atoms with Crippen molar-refractivity contribution in [1.82, 2.24) is 0 Å². The van der Waals surface area contributed by atoms with Crippen LogP contribution in [0, 0.1) is 0 Å². The van der Waals surface area contributed by atoms with Crippen molar-refractivity contribution >= 4 is 18.6 Å². The Labute approximate surface area is 119 Å². The van der Waals surface area contributed by atoms with Crippen molar-refractivity contribution in [3.05, 3.63) is 71.8 Å². The smallest absolute Gasteiger partial charge is 0.328 e. The molecular formula is C16H18O2S. The minimum Gasteiger partial charge on any atom is -0.480 e. The van der Waals surface area contributed by atoms with E-state index in [1.54, 1.807) is 24.3 Å². The summed E-state index contributed by atoms with van der Waals surface area (Å²) in [4.78, 5) is 11.5. The van der Waals surface area contributed by atoms with E-state index in [1.807, 2.05) is 50.2 Å². The van der Waals surface area contributed by atoms with Crippen LogP contribution >= 0.6 is 12.6 Å². The molecule has 0 spiro atoms. The lowest BCUT2D eigenvalue weighted by Crippen LogP contribution is -2.31. The van der Waals surface area contributed by atoms with Gasteiger partial charge in [-0.1, -0.05) is 74.5 Å². The zero-order chi connectivity index (χ0) is 14.3. The third-order valence-electron chi connectivity index (χ3n) is 2.69. The van der Waals surface area contributed by atoms with Crippen LogP contribution in [0.4, 0.5) is 0 Å². The molecule has 0 bridgehead atoms. The summed E-state index contributed by atoms with van der Waals surface area (Å²) < 4.78 is -1.30. The van der Waals surface area contributed by atoms with Crippen LogP contribution in [0.2, 0.25) is 0 Å². The van der Waals surface area contributed by atoms with E-state index >= 15 is 0 Å². The molecule has 0 radical (unpaired) electrons. The average Bonchev–Trinajstić information content (AvgIpc) is 2.50. The summed E-state index contributed by atoms with van der Waals surface area (Å²) in [5.41, 5.74) is 1.31. The van der Waals surface area contributed by atoms with Crippen molar-refractivity contribution in [2.45, 2.75) is 18.6 Å². The second-order valence-corrected chi connectivity index (χ2v) is 4.42. The fraction of sp³-hybridized carbons (Fsp3) is 0.188. The quantitative estimate of drug-likeness (QED) is 0.831. The number of rotatable bonds is 3. The first-order valence-electron chi connectivity index (χ1n) is 6.22. The molecular weight excluding hydrogens is 256 g/mol. The highest BCUT2D eigenvalue weighted by molar-refractivity contribution is 7.82. The number of hydrogen-bond acceptors (Lipinski definition) is 2. The Morgan fingerprint density at radius 1 is 0.895 bits per heavy atom. The fourth-order valence-electron chi connectivity index (χ4n) is 1.77. The van der Waals surface area contributed by atoms with Crippen molar-refractivity contribution in [2.75, 3.05) is 0 Å². The van der Waals surface area contributed by atoms with E-state index in [0.717, 1.165) is 0 Å². The minimum atomic E-state index is -1.30. The topological polar surface area (TPSA) is 37.3 Å².